The number of hydrogen-bond acceptors (Lipinski definition) is 4. The van der Waals surface area contributed by atoms with Gasteiger partial charge in [0, 0.05) is 18.4 Å². The van der Waals surface area contributed by atoms with Crippen LogP contribution < -0.4 is 10.6 Å². The Balaban J connectivity index is 0.00000192. The zero-order valence-corrected chi connectivity index (χ0v) is 13.9. The van der Waals surface area contributed by atoms with Crippen LogP contribution in [0.1, 0.15) is 40.5 Å². The van der Waals surface area contributed by atoms with Gasteiger partial charge < -0.3 is 10.6 Å². The predicted molar refractivity (Wildman–Crippen MR) is 93.3 cm³/mol. The fourth-order valence-electron chi connectivity index (χ4n) is 2.68. The Morgan fingerprint density at radius 2 is 2.00 bits per heavy atom. The molecule has 1 aliphatic rings. The van der Waals surface area contributed by atoms with Gasteiger partial charge >= 0.3 is 0 Å². The number of benzene rings is 1. The Kier molecular flexibility index (Phi) is 6.07. The van der Waals surface area contributed by atoms with Gasteiger partial charge in [0.05, 0.1) is 11.9 Å². The summed E-state index contributed by atoms with van der Waals surface area (Å²) in [4.78, 5) is 20.3. The second-order valence-electron chi connectivity index (χ2n) is 5.66. The first kappa shape index (κ1) is 17.4. The third-order valence-electron chi connectivity index (χ3n) is 3.95. The Morgan fingerprint density at radius 1 is 1.22 bits per heavy atom. The van der Waals surface area contributed by atoms with Crippen LogP contribution in [0.5, 0.6) is 0 Å². The van der Waals surface area contributed by atoms with Crippen molar-refractivity contribution in [1.29, 1.82) is 0 Å². The number of piperidine rings is 1. The number of nitrogens with one attached hydrogen (secondary N) is 2. The van der Waals surface area contributed by atoms with E-state index in [0.717, 1.165) is 24.5 Å². The minimum Gasteiger partial charge on any atom is -0.321 e. The smallest absolute Gasteiger partial charge is 0.275 e. The number of rotatable bonds is 3. The van der Waals surface area contributed by atoms with E-state index in [0.29, 0.717) is 11.6 Å². The van der Waals surface area contributed by atoms with Gasteiger partial charge in [-0.2, -0.15) is 0 Å². The average molecular weight is 333 g/mol. The van der Waals surface area contributed by atoms with E-state index >= 15 is 0 Å². The van der Waals surface area contributed by atoms with E-state index in [-0.39, 0.29) is 18.3 Å². The molecule has 0 unspecified atom stereocenters. The summed E-state index contributed by atoms with van der Waals surface area (Å²) in [6.45, 7) is 3.99. The maximum atomic E-state index is 12.1. The first-order valence-electron chi connectivity index (χ1n) is 7.63. The van der Waals surface area contributed by atoms with Crippen molar-refractivity contribution in [3.63, 3.8) is 0 Å². The predicted octanol–water partition coefficient (Wildman–Crippen LogP) is 2.93. The molecule has 0 radical (unpaired) electrons. The van der Waals surface area contributed by atoms with E-state index in [9.17, 15) is 4.79 Å². The number of aromatic nitrogens is 2. The molecular formula is C17H21ClN4O. The van der Waals surface area contributed by atoms with Crippen LogP contribution in [0.15, 0.2) is 36.7 Å². The number of hydrogen-bond donors (Lipinski definition) is 2. The van der Waals surface area contributed by atoms with Gasteiger partial charge in [-0.25, -0.2) is 4.98 Å². The molecule has 1 aliphatic heterocycles. The summed E-state index contributed by atoms with van der Waals surface area (Å²) in [5.41, 5.74) is 3.22. The monoisotopic (exact) mass is 332 g/mol. The quantitative estimate of drug-likeness (QED) is 0.907. The van der Waals surface area contributed by atoms with Crippen LogP contribution in [-0.4, -0.2) is 29.0 Å². The molecule has 1 atom stereocenters. The van der Waals surface area contributed by atoms with Gasteiger partial charge in [0.1, 0.15) is 5.69 Å². The molecule has 0 spiro atoms. The molecular weight excluding hydrogens is 312 g/mol. The second kappa shape index (κ2) is 8.04. The maximum Gasteiger partial charge on any atom is 0.275 e. The molecule has 122 valence electrons. The molecule has 2 aromatic rings. The summed E-state index contributed by atoms with van der Waals surface area (Å²) < 4.78 is 0. The fraction of sp³-hybridized carbons (Fsp3) is 0.353. The third kappa shape index (κ3) is 4.50. The van der Waals surface area contributed by atoms with Crippen molar-refractivity contribution in [2.24, 2.45) is 0 Å². The molecule has 0 bridgehead atoms. The summed E-state index contributed by atoms with van der Waals surface area (Å²) in [5, 5.41) is 6.27. The van der Waals surface area contributed by atoms with E-state index in [4.69, 9.17) is 0 Å². The van der Waals surface area contributed by atoms with Gasteiger partial charge in [0.25, 0.3) is 5.91 Å². The highest BCUT2D eigenvalue weighted by atomic mass is 35.5. The van der Waals surface area contributed by atoms with E-state index in [1.54, 1.807) is 6.20 Å². The summed E-state index contributed by atoms with van der Waals surface area (Å²) >= 11 is 0. The Hall–Kier alpha value is -1.98. The number of anilines is 1. The highest BCUT2D eigenvalue weighted by molar-refractivity contribution is 6.02. The van der Waals surface area contributed by atoms with E-state index < -0.39 is 0 Å². The van der Waals surface area contributed by atoms with Crippen molar-refractivity contribution in [1.82, 2.24) is 15.3 Å². The molecule has 1 aromatic heterocycles. The van der Waals surface area contributed by atoms with Crippen LogP contribution >= 0.6 is 12.4 Å². The van der Waals surface area contributed by atoms with E-state index in [2.05, 4.69) is 32.7 Å². The maximum absolute atomic E-state index is 12.1. The van der Waals surface area contributed by atoms with Crippen LogP contribution in [-0.2, 0) is 0 Å². The van der Waals surface area contributed by atoms with E-state index in [1.165, 1.54) is 24.6 Å². The van der Waals surface area contributed by atoms with Gasteiger partial charge in [0.15, 0.2) is 0 Å². The van der Waals surface area contributed by atoms with Gasteiger partial charge in [-0.15, -0.1) is 12.4 Å². The lowest BCUT2D eigenvalue weighted by molar-refractivity contribution is 0.102. The zero-order chi connectivity index (χ0) is 15.4. The van der Waals surface area contributed by atoms with E-state index in [1.807, 2.05) is 19.1 Å². The molecule has 2 heterocycles. The minimum absolute atomic E-state index is 0. The SMILES string of the molecule is Cc1cnc(C(=O)Nc2ccc([C@@H]3CCCNC3)cc2)cn1.Cl. The number of nitrogens with zero attached hydrogens (tertiary/aromatic N) is 2. The topological polar surface area (TPSA) is 66.9 Å². The van der Waals surface area contributed by atoms with Crippen molar-refractivity contribution in [3.05, 3.63) is 53.6 Å². The lowest BCUT2D eigenvalue weighted by Gasteiger charge is -2.23. The number of aryl methyl sites for hydroxylation is 1. The van der Waals surface area contributed by atoms with Gasteiger partial charge in [0.2, 0.25) is 0 Å². The largest absolute Gasteiger partial charge is 0.321 e. The molecule has 3 rings (SSSR count). The molecule has 1 amide bonds. The highest BCUT2D eigenvalue weighted by Crippen LogP contribution is 2.24. The molecule has 1 aromatic carbocycles. The number of amides is 1. The molecule has 2 N–H and O–H groups in total. The summed E-state index contributed by atoms with van der Waals surface area (Å²) in [7, 11) is 0. The van der Waals surface area contributed by atoms with Crippen LogP contribution in [0.25, 0.3) is 0 Å². The number of carbonyl (C=O) groups excluding carboxylic acids is 1. The Bertz CT molecular complexity index is 637. The van der Waals surface area contributed by atoms with Crippen molar-refractivity contribution in [3.8, 4) is 0 Å². The minimum atomic E-state index is -0.236. The standard InChI is InChI=1S/C17H20N4O.ClH/c1-12-9-20-16(11-19-12)17(22)21-15-6-4-13(5-7-15)14-3-2-8-18-10-14;/h4-7,9,11,14,18H,2-3,8,10H2,1H3,(H,21,22);1H/t14-;/m1./s1. The first-order valence-corrected chi connectivity index (χ1v) is 7.63. The van der Waals surface area contributed by atoms with Crippen molar-refractivity contribution >= 4 is 24.0 Å². The van der Waals surface area contributed by atoms with Gasteiger partial charge in [-0.1, -0.05) is 12.1 Å². The van der Waals surface area contributed by atoms with Crippen LogP contribution in [0, 0.1) is 6.92 Å². The Morgan fingerprint density at radius 3 is 2.61 bits per heavy atom. The lowest BCUT2D eigenvalue weighted by Crippen LogP contribution is -2.28. The van der Waals surface area contributed by atoms with Gasteiger partial charge in [-0.05, 0) is 49.9 Å². The van der Waals surface area contributed by atoms with Crippen LogP contribution in [0.2, 0.25) is 0 Å². The third-order valence-corrected chi connectivity index (χ3v) is 3.95. The number of carbonyl (C=O) groups is 1. The van der Waals surface area contributed by atoms with Crippen molar-refractivity contribution in [2.45, 2.75) is 25.7 Å². The molecule has 6 heteroatoms. The summed E-state index contributed by atoms with van der Waals surface area (Å²) in [5.74, 6) is 0.334. The molecule has 5 nitrogen and oxygen atoms in total. The summed E-state index contributed by atoms with van der Waals surface area (Å²) in [6, 6.07) is 8.08. The molecule has 1 saturated heterocycles. The average Bonchev–Trinajstić information content (AvgIpc) is 2.57. The number of halogens is 1. The summed E-state index contributed by atoms with van der Waals surface area (Å²) in [6.07, 6.45) is 5.52. The Labute approximate surface area is 142 Å². The second-order valence-corrected chi connectivity index (χ2v) is 5.66. The lowest BCUT2D eigenvalue weighted by atomic mass is 9.92. The normalized spacial score (nSPS) is 17.2. The highest BCUT2D eigenvalue weighted by Gasteiger charge is 2.15. The molecule has 1 fully saturated rings. The fourth-order valence-corrected chi connectivity index (χ4v) is 2.68. The molecule has 0 aliphatic carbocycles. The first-order chi connectivity index (χ1) is 10.7. The molecule has 0 saturated carbocycles. The zero-order valence-electron chi connectivity index (χ0n) is 13.1. The van der Waals surface area contributed by atoms with Gasteiger partial charge in [-0.3, -0.25) is 9.78 Å². The van der Waals surface area contributed by atoms with Crippen LogP contribution in [0.4, 0.5) is 5.69 Å². The van der Waals surface area contributed by atoms with Crippen LogP contribution in [0.3, 0.4) is 0 Å². The van der Waals surface area contributed by atoms with Crippen molar-refractivity contribution in [2.75, 3.05) is 18.4 Å². The molecule has 23 heavy (non-hydrogen) atoms. The van der Waals surface area contributed by atoms with Crippen molar-refractivity contribution < 1.29 is 4.79 Å².